The van der Waals surface area contributed by atoms with Gasteiger partial charge in [0.15, 0.2) is 0 Å². The first-order valence-electron chi connectivity index (χ1n) is 11.3. The number of aromatic nitrogens is 1. The second-order valence-corrected chi connectivity index (χ2v) is 9.10. The maximum Gasteiger partial charge on any atom is 0.253 e. The summed E-state index contributed by atoms with van der Waals surface area (Å²) >= 11 is 6.21. The maximum absolute atomic E-state index is 13.2. The van der Waals surface area contributed by atoms with Crippen molar-refractivity contribution in [2.45, 2.75) is 39.7 Å². The number of nitrogens with one attached hydrogen (secondary N) is 1. The summed E-state index contributed by atoms with van der Waals surface area (Å²) in [7, 11) is 0. The summed E-state index contributed by atoms with van der Waals surface area (Å²) < 4.78 is 0. The van der Waals surface area contributed by atoms with Gasteiger partial charge in [-0.15, -0.1) is 0 Å². The van der Waals surface area contributed by atoms with Crippen LogP contribution in [0.25, 0.3) is 11.1 Å². The number of pyridine rings is 1. The van der Waals surface area contributed by atoms with Crippen LogP contribution in [0.3, 0.4) is 0 Å². The van der Waals surface area contributed by atoms with Gasteiger partial charge in [-0.05, 0) is 74.6 Å². The van der Waals surface area contributed by atoms with Crippen LogP contribution in [0.4, 0.5) is 0 Å². The third kappa shape index (κ3) is 5.25. The number of benzene rings is 2. The van der Waals surface area contributed by atoms with Gasteiger partial charge in [-0.2, -0.15) is 0 Å². The lowest BCUT2D eigenvalue weighted by atomic mass is 9.97. The maximum atomic E-state index is 13.2. The highest BCUT2D eigenvalue weighted by atomic mass is 35.5. The van der Waals surface area contributed by atoms with Crippen LogP contribution in [0.1, 0.15) is 63.3 Å². The number of amides is 2. The summed E-state index contributed by atoms with van der Waals surface area (Å²) in [5, 5.41) is 3.58. The first kappa shape index (κ1) is 23.0. The number of aryl methyl sites for hydroxylation is 2. The summed E-state index contributed by atoms with van der Waals surface area (Å²) in [6, 6.07) is 15.0. The highest BCUT2D eigenvalue weighted by Gasteiger charge is 2.22. The Bertz CT molecular complexity index is 1180. The van der Waals surface area contributed by atoms with E-state index in [1.165, 1.54) is 0 Å². The minimum Gasteiger partial charge on any atom is -0.345 e. The summed E-state index contributed by atoms with van der Waals surface area (Å²) in [6.07, 6.45) is 3.75. The van der Waals surface area contributed by atoms with E-state index in [4.69, 9.17) is 11.6 Å². The third-order valence-corrected chi connectivity index (χ3v) is 6.50. The molecule has 0 unspecified atom stereocenters. The fourth-order valence-corrected chi connectivity index (χ4v) is 4.19. The van der Waals surface area contributed by atoms with Crippen LogP contribution in [-0.4, -0.2) is 34.8 Å². The number of hydrogen-bond donors (Lipinski definition) is 1. The lowest BCUT2D eigenvalue weighted by Crippen LogP contribution is -2.29. The monoisotopic (exact) mass is 461 g/mol. The molecule has 4 rings (SSSR count). The molecule has 33 heavy (non-hydrogen) atoms. The van der Waals surface area contributed by atoms with Gasteiger partial charge in [0.1, 0.15) is 0 Å². The van der Waals surface area contributed by atoms with Crippen molar-refractivity contribution in [1.82, 2.24) is 15.2 Å². The van der Waals surface area contributed by atoms with E-state index in [-0.39, 0.29) is 17.9 Å². The summed E-state index contributed by atoms with van der Waals surface area (Å²) in [5.74, 6) is -0.276. The second kappa shape index (κ2) is 9.75. The molecule has 1 N–H and O–H groups in total. The van der Waals surface area contributed by atoms with E-state index < -0.39 is 0 Å². The van der Waals surface area contributed by atoms with Crippen molar-refractivity contribution in [1.29, 1.82) is 0 Å². The minimum atomic E-state index is -0.288. The zero-order valence-electron chi connectivity index (χ0n) is 19.2. The van der Waals surface area contributed by atoms with Crippen molar-refractivity contribution in [3.8, 4) is 11.1 Å². The molecule has 1 atom stereocenters. The fourth-order valence-electron chi connectivity index (χ4n) is 4.02. The molecule has 1 fully saturated rings. The minimum absolute atomic E-state index is 0.0296. The van der Waals surface area contributed by atoms with Gasteiger partial charge in [0, 0.05) is 30.4 Å². The van der Waals surface area contributed by atoms with E-state index in [9.17, 15) is 9.59 Å². The molecule has 1 saturated heterocycles. The van der Waals surface area contributed by atoms with Crippen LogP contribution in [0.15, 0.2) is 54.7 Å². The Labute approximate surface area is 199 Å². The van der Waals surface area contributed by atoms with Crippen molar-refractivity contribution in [2.24, 2.45) is 0 Å². The molecule has 1 aromatic heterocycles. The normalized spacial score (nSPS) is 14.2. The van der Waals surface area contributed by atoms with Gasteiger partial charge in [0.25, 0.3) is 11.8 Å². The molecule has 1 aliphatic rings. The summed E-state index contributed by atoms with van der Waals surface area (Å²) in [5.41, 5.74) is 5.52. The van der Waals surface area contributed by atoms with E-state index in [1.807, 2.05) is 68.1 Å². The van der Waals surface area contributed by atoms with Gasteiger partial charge in [-0.25, -0.2) is 0 Å². The lowest BCUT2D eigenvalue weighted by molar-refractivity contribution is 0.0793. The largest absolute Gasteiger partial charge is 0.345 e. The van der Waals surface area contributed by atoms with Gasteiger partial charge in [0.2, 0.25) is 0 Å². The second-order valence-electron chi connectivity index (χ2n) is 8.70. The molecule has 2 heterocycles. The highest BCUT2D eigenvalue weighted by Crippen LogP contribution is 2.26. The van der Waals surface area contributed by atoms with Crippen molar-refractivity contribution < 1.29 is 9.59 Å². The number of carbonyl (C=O) groups excluding carboxylic acids is 2. The Hall–Kier alpha value is -3.18. The molecule has 2 amide bonds. The molecule has 0 bridgehead atoms. The average Bonchev–Trinajstić information content (AvgIpc) is 3.35. The molecule has 0 radical (unpaired) electrons. The number of nitrogens with zero attached hydrogens (tertiary/aromatic N) is 2. The predicted molar refractivity (Wildman–Crippen MR) is 132 cm³/mol. The van der Waals surface area contributed by atoms with Gasteiger partial charge >= 0.3 is 0 Å². The predicted octanol–water partition coefficient (Wildman–Crippen LogP) is 5.75. The van der Waals surface area contributed by atoms with Crippen LogP contribution < -0.4 is 5.32 Å². The Morgan fingerprint density at radius 3 is 2.30 bits per heavy atom. The van der Waals surface area contributed by atoms with E-state index in [2.05, 4.69) is 10.3 Å². The van der Waals surface area contributed by atoms with Crippen molar-refractivity contribution in [3.05, 3.63) is 87.7 Å². The SMILES string of the molecule is Cc1ccc(-c2cc(C(=O)N[C@H](C)c3cnc(C)c(Cl)c3)cc(C(=O)N3CCCC3)c2)cc1. The average molecular weight is 462 g/mol. The zero-order valence-corrected chi connectivity index (χ0v) is 19.9. The molecule has 2 aromatic carbocycles. The smallest absolute Gasteiger partial charge is 0.253 e. The summed E-state index contributed by atoms with van der Waals surface area (Å²) in [6.45, 7) is 7.27. The van der Waals surface area contributed by atoms with Crippen LogP contribution >= 0.6 is 11.6 Å². The van der Waals surface area contributed by atoms with E-state index in [1.54, 1.807) is 12.3 Å². The number of carbonyl (C=O) groups is 2. The molecule has 0 spiro atoms. The van der Waals surface area contributed by atoms with Crippen LogP contribution in [0, 0.1) is 13.8 Å². The molecular weight excluding hydrogens is 434 g/mol. The fraction of sp³-hybridized carbons (Fsp3) is 0.296. The first-order valence-corrected chi connectivity index (χ1v) is 11.6. The standard InChI is InChI=1S/C27H28ClN3O2/c1-17-6-8-20(9-7-17)21-12-22(14-23(13-21)27(33)31-10-4-5-11-31)26(32)30-18(2)24-15-25(28)19(3)29-16-24/h6-9,12-16,18H,4-5,10-11H2,1-3H3,(H,30,32)/t18-/m1/s1. The highest BCUT2D eigenvalue weighted by molar-refractivity contribution is 6.31. The number of hydrogen-bond acceptors (Lipinski definition) is 3. The van der Waals surface area contributed by atoms with Gasteiger partial charge in [-0.3, -0.25) is 14.6 Å². The van der Waals surface area contributed by atoms with Gasteiger partial charge in [0.05, 0.1) is 16.8 Å². The Kier molecular flexibility index (Phi) is 6.80. The molecule has 0 saturated carbocycles. The quantitative estimate of drug-likeness (QED) is 0.526. The van der Waals surface area contributed by atoms with Crippen molar-refractivity contribution >= 4 is 23.4 Å². The molecule has 3 aromatic rings. The van der Waals surface area contributed by atoms with E-state index in [0.29, 0.717) is 16.1 Å². The van der Waals surface area contributed by atoms with Crippen molar-refractivity contribution in [3.63, 3.8) is 0 Å². The molecular formula is C27H28ClN3O2. The lowest BCUT2D eigenvalue weighted by Gasteiger charge is -2.18. The summed E-state index contributed by atoms with van der Waals surface area (Å²) in [4.78, 5) is 32.5. The molecule has 6 heteroatoms. The van der Waals surface area contributed by atoms with Crippen molar-refractivity contribution in [2.75, 3.05) is 13.1 Å². The van der Waals surface area contributed by atoms with E-state index >= 15 is 0 Å². The van der Waals surface area contributed by atoms with Crippen LogP contribution in [-0.2, 0) is 0 Å². The molecule has 1 aliphatic heterocycles. The molecule has 5 nitrogen and oxygen atoms in total. The Balaban J connectivity index is 1.66. The number of rotatable bonds is 5. The van der Waals surface area contributed by atoms with Crippen LogP contribution in [0.5, 0.6) is 0 Å². The third-order valence-electron chi connectivity index (χ3n) is 6.11. The first-order chi connectivity index (χ1) is 15.8. The van der Waals surface area contributed by atoms with Gasteiger partial charge < -0.3 is 10.2 Å². The Morgan fingerprint density at radius 1 is 0.970 bits per heavy atom. The molecule has 170 valence electrons. The Morgan fingerprint density at radius 2 is 1.64 bits per heavy atom. The number of likely N-dealkylation sites (tertiary alicyclic amines) is 1. The van der Waals surface area contributed by atoms with E-state index in [0.717, 1.165) is 53.9 Å². The molecule has 0 aliphatic carbocycles. The zero-order chi connectivity index (χ0) is 23.5. The van der Waals surface area contributed by atoms with Gasteiger partial charge in [-0.1, -0.05) is 41.4 Å². The topological polar surface area (TPSA) is 62.3 Å². The number of halogens is 1. The van der Waals surface area contributed by atoms with Crippen LogP contribution in [0.2, 0.25) is 5.02 Å².